The average Bonchev–Trinajstić information content (AvgIpc) is 3.06. The Bertz CT molecular complexity index is 741. The van der Waals surface area contributed by atoms with Gasteiger partial charge in [-0.25, -0.2) is 9.97 Å². The van der Waals surface area contributed by atoms with Crippen LogP contribution in [0.5, 0.6) is 5.88 Å². The largest absolute Gasteiger partial charge is 0.481 e. The number of nitrogens with one attached hydrogen (secondary N) is 2. The number of ether oxygens (including phenoxy) is 1. The van der Waals surface area contributed by atoms with Crippen LogP contribution in [-0.2, 0) is 0 Å². The van der Waals surface area contributed by atoms with E-state index in [4.69, 9.17) is 4.74 Å². The van der Waals surface area contributed by atoms with Crippen LogP contribution in [0, 0.1) is 0 Å². The lowest BCUT2D eigenvalue weighted by molar-refractivity contribution is 0.397. The van der Waals surface area contributed by atoms with Crippen molar-refractivity contribution in [2.75, 3.05) is 12.4 Å². The summed E-state index contributed by atoms with van der Waals surface area (Å²) in [7, 11) is 1.58. The van der Waals surface area contributed by atoms with Gasteiger partial charge in [0.05, 0.1) is 25.0 Å². The number of benzene rings is 1. The van der Waals surface area contributed by atoms with Gasteiger partial charge < -0.3 is 15.0 Å². The lowest BCUT2D eigenvalue weighted by atomic mass is 10.2. The molecule has 2 heterocycles. The normalized spacial score (nSPS) is 11.9. The monoisotopic (exact) mass is 295 g/mol. The van der Waals surface area contributed by atoms with Crippen LogP contribution >= 0.6 is 0 Å². The Balaban J connectivity index is 1.75. The Morgan fingerprint density at radius 1 is 1.14 bits per heavy atom. The van der Waals surface area contributed by atoms with Crippen molar-refractivity contribution in [3.8, 4) is 17.1 Å². The highest BCUT2D eigenvalue weighted by Crippen LogP contribution is 2.20. The summed E-state index contributed by atoms with van der Waals surface area (Å²) in [5.41, 5.74) is 2.09. The molecule has 0 aliphatic carbocycles. The number of anilines is 1. The lowest BCUT2D eigenvalue weighted by Crippen LogP contribution is -2.11. The van der Waals surface area contributed by atoms with Crippen LogP contribution in [0.4, 0.5) is 5.95 Å². The van der Waals surface area contributed by atoms with Gasteiger partial charge in [-0.2, -0.15) is 4.98 Å². The van der Waals surface area contributed by atoms with Crippen LogP contribution < -0.4 is 10.1 Å². The minimum absolute atomic E-state index is 0.0513. The summed E-state index contributed by atoms with van der Waals surface area (Å²) in [6, 6.07) is 11.7. The van der Waals surface area contributed by atoms with E-state index >= 15 is 0 Å². The smallest absolute Gasteiger partial charge is 0.226 e. The maximum Gasteiger partial charge on any atom is 0.226 e. The fourth-order valence-electron chi connectivity index (χ4n) is 2.11. The third-order valence-electron chi connectivity index (χ3n) is 3.28. The fourth-order valence-corrected chi connectivity index (χ4v) is 2.11. The summed E-state index contributed by atoms with van der Waals surface area (Å²) in [5, 5.41) is 3.20. The zero-order valence-corrected chi connectivity index (χ0v) is 12.4. The van der Waals surface area contributed by atoms with Crippen molar-refractivity contribution >= 4 is 5.95 Å². The van der Waals surface area contributed by atoms with Gasteiger partial charge in [-0.05, 0) is 12.5 Å². The van der Waals surface area contributed by atoms with E-state index in [2.05, 4.69) is 25.3 Å². The second-order valence-corrected chi connectivity index (χ2v) is 4.84. The highest BCUT2D eigenvalue weighted by Gasteiger charge is 2.12. The molecular formula is C16H17N5O. The molecule has 1 atom stereocenters. The molecule has 0 radical (unpaired) electrons. The second-order valence-electron chi connectivity index (χ2n) is 4.84. The second kappa shape index (κ2) is 6.26. The Hall–Kier alpha value is -2.89. The van der Waals surface area contributed by atoms with Gasteiger partial charge in [-0.15, -0.1) is 0 Å². The van der Waals surface area contributed by atoms with Crippen LogP contribution in [0.15, 0.2) is 48.8 Å². The zero-order valence-electron chi connectivity index (χ0n) is 12.4. The third-order valence-corrected chi connectivity index (χ3v) is 3.28. The molecule has 3 aromatic rings. The van der Waals surface area contributed by atoms with Crippen LogP contribution in [-0.4, -0.2) is 27.0 Å². The van der Waals surface area contributed by atoms with Crippen LogP contribution in [0.2, 0.25) is 0 Å². The minimum atomic E-state index is -0.0513. The molecule has 0 bridgehead atoms. The lowest BCUT2D eigenvalue weighted by Gasteiger charge is -2.11. The van der Waals surface area contributed by atoms with Gasteiger partial charge >= 0.3 is 0 Å². The molecule has 0 saturated heterocycles. The predicted molar refractivity (Wildman–Crippen MR) is 84.6 cm³/mol. The first-order valence-electron chi connectivity index (χ1n) is 7.00. The third kappa shape index (κ3) is 3.06. The molecule has 0 spiro atoms. The van der Waals surface area contributed by atoms with Crippen molar-refractivity contribution in [2.45, 2.75) is 13.0 Å². The number of imidazole rings is 1. The molecule has 22 heavy (non-hydrogen) atoms. The number of aromatic amines is 1. The molecule has 0 saturated carbocycles. The first-order valence-corrected chi connectivity index (χ1v) is 7.00. The van der Waals surface area contributed by atoms with E-state index in [0.717, 1.165) is 17.1 Å². The van der Waals surface area contributed by atoms with Gasteiger partial charge in [0.2, 0.25) is 11.8 Å². The molecule has 1 unspecified atom stereocenters. The van der Waals surface area contributed by atoms with E-state index in [9.17, 15) is 0 Å². The van der Waals surface area contributed by atoms with Gasteiger partial charge in [-0.1, -0.05) is 30.3 Å². The summed E-state index contributed by atoms with van der Waals surface area (Å²) in [5.74, 6) is 1.85. The molecule has 2 N–H and O–H groups in total. The van der Waals surface area contributed by atoms with E-state index in [1.165, 1.54) is 0 Å². The first-order chi connectivity index (χ1) is 10.8. The molecule has 3 rings (SSSR count). The highest BCUT2D eigenvalue weighted by atomic mass is 16.5. The SMILES string of the molecule is COc1ccnc(NC(C)c2ncc(-c3ccccc3)[nH]2)n1. The number of aromatic nitrogens is 4. The van der Waals surface area contributed by atoms with E-state index in [-0.39, 0.29) is 6.04 Å². The molecule has 112 valence electrons. The number of methoxy groups -OCH3 is 1. The van der Waals surface area contributed by atoms with Gasteiger partial charge in [0.15, 0.2) is 0 Å². The van der Waals surface area contributed by atoms with Crippen molar-refractivity contribution in [1.82, 2.24) is 19.9 Å². The molecule has 0 aliphatic heterocycles. The standard InChI is InChI=1S/C16H17N5O/c1-11(19-16-17-9-8-14(21-16)22-2)15-18-10-13(20-15)12-6-4-3-5-7-12/h3-11H,1-2H3,(H,18,20)(H,17,19,21). The van der Waals surface area contributed by atoms with Crippen LogP contribution in [0.25, 0.3) is 11.3 Å². The Kier molecular flexibility index (Phi) is 4.00. The summed E-state index contributed by atoms with van der Waals surface area (Å²) in [6.45, 7) is 2.00. The van der Waals surface area contributed by atoms with Gasteiger partial charge in [0, 0.05) is 12.3 Å². The molecule has 1 aromatic carbocycles. The van der Waals surface area contributed by atoms with Crippen molar-refractivity contribution < 1.29 is 4.74 Å². The Morgan fingerprint density at radius 2 is 1.95 bits per heavy atom. The van der Waals surface area contributed by atoms with Crippen LogP contribution in [0.1, 0.15) is 18.8 Å². The molecule has 6 heteroatoms. The predicted octanol–water partition coefficient (Wildman–Crippen LogP) is 3.05. The summed E-state index contributed by atoms with van der Waals surface area (Å²) >= 11 is 0. The molecule has 0 aliphatic rings. The van der Waals surface area contributed by atoms with Crippen molar-refractivity contribution in [3.63, 3.8) is 0 Å². The molecule has 0 amide bonds. The summed E-state index contributed by atoms with van der Waals surface area (Å²) in [4.78, 5) is 16.2. The highest BCUT2D eigenvalue weighted by molar-refractivity contribution is 5.58. The quantitative estimate of drug-likeness (QED) is 0.756. The topological polar surface area (TPSA) is 75.7 Å². The summed E-state index contributed by atoms with van der Waals surface area (Å²) in [6.07, 6.45) is 3.48. The van der Waals surface area contributed by atoms with Crippen molar-refractivity contribution in [1.29, 1.82) is 0 Å². The van der Waals surface area contributed by atoms with Gasteiger partial charge in [0.1, 0.15) is 5.82 Å². The average molecular weight is 295 g/mol. The number of hydrogen-bond acceptors (Lipinski definition) is 5. The number of nitrogens with zero attached hydrogens (tertiary/aromatic N) is 3. The minimum Gasteiger partial charge on any atom is -0.481 e. The van der Waals surface area contributed by atoms with Crippen molar-refractivity contribution in [2.24, 2.45) is 0 Å². The summed E-state index contributed by atoms with van der Waals surface area (Å²) < 4.78 is 5.09. The van der Waals surface area contributed by atoms with Gasteiger partial charge in [0.25, 0.3) is 0 Å². The number of H-pyrrole nitrogens is 1. The van der Waals surface area contributed by atoms with Gasteiger partial charge in [-0.3, -0.25) is 0 Å². The van der Waals surface area contributed by atoms with Crippen molar-refractivity contribution in [3.05, 3.63) is 54.6 Å². The van der Waals surface area contributed by atoms with E-state index < -0.39 is 0 Å². The van der Waals surface area contributed by atoms with E-state index in [0.29, 0.717) is 11.8 Å². The molecule has 6 nitrogen and oxygen atoms in total. The maximum absolute atomic E-state index is 5.09. The number of rotatable bonds is 5. The molecular weight excluding hydrogens is 278 g/mol. The van der Waals surface area contributed by atoms with E-state index in [1.807, 2.05) is 43.5 Å². The Labute approximate surface area is 128 Å². The maximum atomic E-state index is 5.09. The molecule has 0 fully saturated rings. The first kappa shape index (κ1) is 14.1. The fraction of sp³-hybridized carbons (Fsp3) is 0.188. The van der Waals surface area contributed by atoms with E-state index in [1.54, 1.807) is 19.4 Å². The molecule has 2 aromatic heterocycles. The van der Waals surface area contributed by atoms with Crippen LogP contribution in [0.3, 0.4) is 0 Å². The number of hydrogen-bond donors (Lipinski definition) is 2. The zero-order chi connectivity index (χ0) is 15.4. The Morgan fingerprint density at radius 3 is 2.73 bits per heavy atom.